The molecule has 0 saturated heterocycles. The Hall–Kier alpha value is -0.680. The van der Waals surface area contributed by atoms with Gasteiger partial charge in [-0.15, -0.1) is 0 Å². The largest absolute Gasteiger partial charge is 0.239 e. The van der Waals surface area contributed by atoms with Gasteiger partial charge in [-0.05, 0) is 22.9 Å². The van der Waals surface area contributed by atoms with Gasteiger partial charge >= 0.3 is 0 Å². The molecule has 0 aliphatic carbocycles. The van der Waals surface area contributed by atoms with Crippen LogP contribution in [0.4, 0.5) is 0 Å². The highest BCUT2D eigenvalue weighted by Gasteiger charge is 2.08. The second kappa shape index (κ2) is 2.67. The van der Waals surface area contributed by atoms with Gasteiger partial charge in [0.05, 0.1) is 5.69 Å². The molecule has 2 rings (SSSR count). The summed E-state index contributed by atoms with van der Waals surface area (Å²) in [6.45, 7) is 1.85. The molecule has 0 fully saturated rings. The maximum absolute atomic E-state index is 5.89. The monoisotopic (exact) mass is 246 g/mol. The summed E-state index contributed by atoms with van der Waals surface area (Å²) < 4.78 is 2.12. The highest BCUT2D eigenvalue weighted by Crippen LogP contribution is 2.21. The first-order valence-corrected chi connectivity index (χ1v) is 4.38. The van der Waals surface area contributed by atoms with Crippen LogP contribution in [-0.2, 0) is 0 Å². The lowest BCUT2D eigenvalue weighted by molar-refractivity contribution is 0.924. The van der Waals surface area contributed by atoms with Crippen molar-refractivity contribution < 1.29 is 0 Å². The molecule has 0 amide bonds. The molecule has 62 valence electrons. The summed E-state index contributed by atoms with van der Waals surface area (Å²) in [5.41, 5.74) is 1.48. The van der Waals surface area contributed by atoms with E-state index in [0.29, 0.717) is 15.4 Å². The average Bonchev–Trinajstić information content (AvgIpc) is 2.48. The molecular weight excluding hydrogens is 243 g/mol. The second-order valence-corrected chi connectivity index (χ2v) is 3.38. The predicted molar refractivity (Wildman–Crippen MR) is 48.2 cm³/mol. The minimum Gasteiger partial charge on any atom is -0.239 e. The number of nitrogens with zero attached hydrogens (tertiary/aromatic N) is 4. The third-order valence-electron chi connectivity index (χ3n) is 1.49. The molecule has 4 nitrogen and oxygen atoms in total. The van der Waals surface area contributed by atoms with Crippen molar-refractivity contribution in [2.45, 2.75) is 6.92 Å². The van der Waals surface area contributed by atoms with Crippen molar-refractivity contribution >= 4 is 33.2 Å². The molecule has 0 aromatic carbocycles. The Labute approximate surface area is 81.7 Å². The van der Waals surface area contributed by atoms with Crippen LogP contribution in [0.3, 0.4) is 0 Å². The minimum atomic E-state index is 0.438. The van der Waals surface area contributed by atoms with Crippen LogP contribution >= 0.6 is 27.5 Å². The van der Waals surface area contributed by atoms with Crippen LogP contribution in [0, 0.1) is 6.92 Å². The first-order valence-electron chi connectivity index (χ1n) is 3.21. The molecule has 0 atom stereocenters. The number of fused-ring (bicyclic) bond motifs is 1. The van der Waals surface area contributed by atoms with Crippen molar-refractivity contribution in [2.24, 2.45) is 0 Å². The van der Waals surface area contributed by atoms with Crippen LogP contribution in [0.25, 0.3) is 5.65 Å². The minimum absolute atomic E-state index is 0.438. The standard InChI is InChI=1S/C6H4BrClN4/c1-3-6-9-2-10-12(6)5(8)4(7)11-3/h2H,1H3. The maximum Gasteiger partial charge on any atom is 0.178 e. The number of halogens is 2. The van der Waals surface area contributed by atoms with Gasteiger partial charge < -0.3 is 0 Å². The normalized spacial score (nSPS) is 10.9. The van der Waals surface area contributed by atoms with E-state index in [-0.39, 0.29) is 0 Å². The van der Waals surface area contributed by atoms with Crippen molar-refractivity contribution in [3.63, 3.8) is 0 Å². The van der Waals surface area contributed by atoms with E-state index in [1.54, 1.807) is 0 Å². The number of aryl methyl sites for hydroxylation is 1. The molecule has 0 radical (unpaired) electrons. The summed E-state index contributed by atoms with van der Waals surface area (Å²) in [6, 6.07) is 0. The van der Waals surface area contributed by atoms with E-state index >= 15 is 0 Å². The summed E-state index contributed by atoms with van der Waals surface area (Å²) in [4.78, 5) is 8.14. The molecule has 0 bridgehead atoms. The van der Waals surface area contributed by atoms with E-state index in [9.17, 15) is 0 Å². The Balaban J connectivity index is 2.97. The Morgan fingerprint density at radius 3 is 3.08 bits per heavy atom. The Morgan fingerprint density at radius 2 is 2.33 bits per heavy atom. The molecule has 6 heteroatoms. The van der Waals surface area contributed by atoms with Crippen molar-refractivity contribution in [1.82, 2.24) is 19.6 Å². The van der Waals surface area contributed by atoms with E-state index < -0.39 is 0 Å². The van der Waals surface area contributed by atoms with E-state index in [0.717, 1.165) is 5.69 Å². The summed E-state index contributed by atoms with van der Waals surface area (Å²) in [5.74, 6) is 0. The van der Waals surface area contributed by atoms with Crippen LogP contribution in [0.2, 0.25) is 5.15 Å². The summed E-state index contributed by atoms with van der Waals surface area (Å²) in [6.07, 6.45) is 1.45. The summed E-state index contributed by atoms with van der Waals surface area (Å²) in [5, 5.41) is 4.38. The van der Waals surface area contributed by atoms with Crippen LogP contribution in [0.1, 0.15) is 5.69 Å². The third kappa shape index (κ3) is 1.01. The number of hydrogen-bond acceptors (Lipinski definition) is 3. The SMILES string of the molecule is Cc1nc(Br)c(Cl)n2ncnc12. The fourth-order valence-corrected chi connectivity index (χ4v) is 1.56. The van der Waals surface area contributed by atoms with Gasteiger partial charge in [0.15, 0.2) is 10.8 Å². The fraction of sp³-hybridized carbons (Fsp3) is 0.167. The smallest absolute Gasteiger partial charge is 0.178 e. The number of hydrogen-bond donors (Lipinski definition) is 0. The lowest BCUT2D eigenvalue weighted by Gasteiger charge is -1.99. The van der Waals surface area contributed by atoms with E-state index in [1.165, 1.54) is 10.8 Å². The van der Waals surface area contributed by atoms with Gasteiger partial charge in [0.25, 0.3) is 0 Å². The molecule has 0 spiro atoms. The molecule has 0 N–H and O–H groups in total. The van der Waals surface area contributed by atoms with Gasteiger partial charge in [-0.2, -0.15) is 9.61 Å². The predicted octanol–water partition coefficient (Wildman–Crippen LogP) is 1.85. The van der Waals surface area contributed by atoms with Crippen molar-refractivity contribution in [3.8, 4) is 0 Å². The molecule has 12 heavy (non-hydrogen) atoms. The van der Waals surface area contributed by atoms with Crippen LogP contribution in [0.15, 0.2) is 10.9 Å². The van der Waals surface area contributed by atoms with Gasteiger partial charge in [0.2, 0.25) is 0 Å². The Bertz CT molecular complexity index is 438. The van der Waals surface area contributed by atoms with Crippen molar-refractivity contribution in [1.29, 1.82) is 0 Å². The molecule has 0 aliphatic heterocycles. The molecule has 0 saturated carbocycles. The average molecular weight is 247 g/mol. The number of aromatic nitrogens is 4. The topological polar surface area (TPSA) is 43.1 Å². The van der Waals surface area contributed by atoms with E-state index in [1.807, 2.05) is 6.92 Å². The molecule has 2 aromatic rings. The summed E-state index contributed by atoms with van der Waals surface area (Å²) in [7, 11) is 0. The molecule has 2 aromatic heterocycles. The zero-order chi connectivity index (χ0) is 8.72. The van der Waals surface area contributed by atoms with Gasteiger partial charge in [-0.3, -0.25) is 0 Å². The molecular formula is C6H4BrClN4. The van der Waals surface area contributed by atoms with Crippen LogP contribution < -0.4 is 0 Å². The van der Waals surface area contributed by atoms with Crippen LogP contribution in [-0.4, -0.2) is 19.6 Å². The first-order chi connectivity index (χ1) is 5.70. The first kappa shape index (κ1) is 7.94. The Morgan fingerprint density at radius 1 is 1.58 bits per heavy atom. The van der Waals surface area contributed by atoms with Crippen LogP contribution in [0.5, 0.6) is 0 Å². The van der Waals surface area contributed by atoms with E-state index in [2.05, 4.69) is 31.0 Å². The molecule has 2 heterocycles. The fourth-order valence-electron chi connectivity index (χ4n) is 0.963. The third-order valence-corrected chi connectivity index (χ3v) is 2.61. The summed E-state index contributed by atoms with van der Waals surface area (Å²) >= 11 is 9.11. The van der Waals surface area contributed by atoms with Gasteiger partial charge in [-0.25, -0.2) is 9.97 Å². The lowest BCUT2D eigenvalue weighted by Crippen LogP contribution is -1.96. The maximum atomic E-state index is 5.89. The second-order valence-electron chi connectivity index (χ2n) is 2.27. The van der Waals surface area contributed by atoms with E-state index in [4.69, 9.17) is 11.6 Å². The van der Waals surface area contributed by atoms with Crippen molar-refractivity contribution in [2.75, 3.05) is 0 Å². The quantitative estimate of drug-likeness (QED) is 0.713. The highest BCUT2D eigenvalue weighted by atomic mass is 79.9. The van der Waals surface area contributed by atoms with Crippen molar-refractivity contribution in [3.05, 3.63) is 21.8 Å². The highest BCUT2D eigenvalue weighted by molar-refractivity contribution is 9.10. The lowest BCUT2D eigenvalue weighted by atomic mass is 10.5. The molecule has 0 unspecified atom stereocenters. The van der Waals surface area contributed by atoms with Gasteiger partial charge in [0, 0.05) is 0 Å². The van der Waals surface area contributed by atoms with Gasteiger partial charge in [0.1, 0.15) is 10.9 Å². The zero-order valence-corrected chi connectivity index (χ0v) is 8.46. The van der Waals surface area contributed by atoms with Gasteiger partial charge in [-0.1, -0.05) is 11.6 Å². The molecule has 0 aliphatic rings. The Kier molecular flexibility index (Phi) is 1.77. The zero-order valence-electron chi connectivity index (χ0n) is 6.12. The number of rotatable bonds is 0.